The first kappa shape index (κ1) is 40.4. The van der Waals surface area contributed by atoms with E-state index in [1.165, 1.54) is 16.9 Å². The minimum absolute atomic E-state index is 0.0240. The summed E-state index contributed by atoms with van der Waals surface area (Å²) in [7, 11) is 0. The van der Waals surface area contributed by atoms with Gasteiger partial charge in [-0.2, -0.15) is 10.2 Å². The molecule has 3 atom stereocenters. The first-order chi connectivity index (χ1) is 29.1. The summed E-state index contributed by atoms with van der Waals surface area (Å²) in [6.07, 6.45) is 9.38. The fraction of sp³-hybridized carbons (Fsp3) is 0.548. The maximum absolute atomic E-state index is 14.2. The quantitative estimate of drug-likeness (QED) is 0.129. The number of piperidine rings is 2. The molecule has 1 aromatic carbocycles. The number of aromatic nitrogens is 5. The zero-order chi connectivity index (χ0) is 41.5. The number of morpholine rings is 1. The van der Waals surface area contributed by atoms with Gasteiger partial charge < -0.3 is 24.6 Å². The molecule has 60 heavy (non-hydrogen) atoms. The molecular weight excluding hydrogens is 800 g/mol. The molecule has 5 aliphatic rings. The normalized spacial score (nSPS) is 24.8. The molecule has 18 heteroatoms. The van der Waals surface area contributed by atoms with Crippen LogP contribution in [0.25, 0.3) is 5.65 Å². The molecule has 1 aliphatic carbocycles. The third-order valence-electron chi connectivity index (χ3n) is 13.0. The summed E-state index contributed by atoms with van der Waals surface area (Å²) in [6.45, 7) is 3.88. The predicted octanol–water partition coefficient (Wildman–Crippen LogP) is 5.96. The molecule has 4 saturated heterocycles. The third-order valence-corrected chi connectivity index (χ3v) is 13.3. The van der Waals surface area contributed by atoms with Crippen LogP contribution in [-0.4, -0.2) is 105 Å². The Morgan fingerprint density at radius 3 is 2.58 bits per heavy atom. The van der Waals surface area contributed by atoms with Crippen molar-refractivity contribution in [1.29, 1.82) is 0 Å². The zero-order valence-corrected chi connectivity index (χ0v) is 33.9. The molecule has 2 N–H and O–H groups in total. The summed E-state index contributed by atoms with van der Waals surface area (Å²) in [6, 6.07) is 7.05. The summed E-state index contributed by atoms with van der Waals surface area (Å²) < 4.78 is 43.4. The van der Waals surface area contributed by atoms with Crippen molar-refractivity contribution in [3.8, 4) is 0 Å². The van der Waals surface area contributed by atoms with Crippen molar-refractivity contribution in [2.75, 3.05) is 49.7 Å². The highest BCUT2D eigenvalue weighted by Gasteiger charge is 2.40. The van der Waals surface area contributed by atoms with E-state index in [1.807, 2.05) is 11.0 Å². The average Bonchev–Trinajstić information content (AvgIpc) is 4.08. The molecule has 1 unspecified atom stereocenters. The minimum atomic E-state index is -2.87. The maximum atomic E-state index is 14.2. The summed E-state index contributed by atoms with van der Waals surface area (Å²) in [5.41, 5.74) is 1.09. The highest BCUT2D eigenvalue weighted by Crippen LogP contribution is 2.37. The van der Waals surface area contributed by atoms with Gasteiger partial charge in [0.1, 0.15) is 11.4 Å². The number of imide groups is 1. The summed E-state index contributed by atoms with van der Waals surface area (Å²) in [5.74, 6) is -0.414. The largest absolute Gasteiger partial charge is 0.381 e. The minimum Gasteiger partial charge on any atom is -0.381 e. The molecule has 2 bridgehead atoms. The van der Waals surface area contributed by atoms with Crippen LogP contribution in [0.15, 0.2) is 42.9 Å². The topological polar surface area (TPSA) is 165 Å². The van der Waals surface area contributed by atoms with Gasteiger partial charge in [0.15, 0.2) is 11.3 Å². The Bertz CT molecular complexity index is 2270. The van der Waals surface area contributed by atoms with E-state index in [1.54, 1.807) is 29.1 Å². The predicted molar refractivity (Wildman–Crippen MR) is 215 cm³/mol. The Labute approximate surface area is 350 Å². The Balaban J connectivity index is 0.720. The van der Waals surface area contributed by atoms with Crippen LogP contribution in [0, 0.1) is 11.8 Å². The average molecular weight is 848 g/mol. The Morgan fingerprint density at radius 1 is 1.03 bits per heavy atom. The van der Waals surface area contributed by atoms with Gasteiger partial charge in [-0.1, -0.05) is 11.6 Å². The standard InChI is InChI=1S/C42H48ClF2N9O6/c43-33-7-3-26(17-31(33)30-6-8-36(55)49-40(30)56)42(58)51-13-9-24(10-14-51)12-16-59-22-25-1-4-27(5-2-25)54-21-34(37(50-54)38(44)45)47-41(57)32-19-46-53-15-11-35(48-39(32)53)52-20-29-18-28(52)23-60-29/h3,7,11,15,17,19,21,24-25,27-30,38H,1-2,4-6,8-10,12-14,16,18,20,22-23H2,(H,47,57)(H,49,55,56)/t25?,27?,28-,29-,30?/m1/s1. The number of halogens is 3. The number of benzene rings is 1. The smallest absolute Gasteiger partial charge is 0.284 e. The fourth-order valence-electron chi connectivity index (χ4n) is 9.52. The van der Waals surface area contributed by atoms with E-state index in [-0.39, 0.29) is 53.6 Å². The SMILES string of the molecule is O=C1CCC(c2cc(C(=O)N3CCC(CCOCC4CCC(n5cc(NC(=O)c6cnn7ccc(N8C[C@H]9C[C@@H]8CO9)nc67)c(C(F)F)n5)CC4)CC3)ccc2Cl)C(=O)N1. The first-order valence-corrected chi connectivity index (χ1v) is 21.4. The second kappa shape index (κ2) is 17.2. The van der Waals surface area contributed by atoms with Crippen molar-refractivity contribution >= 4 is 52.4 Å². The molecule has 15 nitrogen and oxygen atoms in total. The number of amides is 4. The number of nitrogens with one attached hydrogen (secondary N) is 2. The molecule has 4 aliphatic heterocycles. The lowest BCUT2D eigenvalue weighted by Crippen LogP contribution is -2.40. The van der Waals surface area contributed by atoms with Gasteiger partial charge >= 0.3 is 0 Å². The highest BCUT2D eigenvalue weighted by molar-refractivity contribution is 6.32. The van der Waals surface area contributed by atoms with Crippen molar-refractivity contribution in [2.24, 2.45) is 11.8 Å². The number of rotatable bonds is 12. The van der Waals surface area contributed by atoms with Crippen molar-refractivity contribution in [3.05, 3.63) is 70.3 Å². The molecule has 0 spiro atoms. The van der Waals surface area contributed by atoms with Gasteiger partial charge in [0, 0.05) is 62.2 Å². The maximum Gasteiger partial charge on any atom is 0.284 e. The van der Waals surface area contributed by atoms with Gasteiger partial charge in [-0.3, -0.25) is 29.2 Å². The molecule has 318 valence electrons. The monoisotopic (exact) mass is 847 g/mol. The van der Waals surface area contributed by atoms with Crippen molar-refractivity contribution in [3.63, 3.8) is 0 Å². The van der Waals surface area contributed by atoms with Crippen LogP contribution >= 0.6 is 11.6 Å². The van der Waals surface area contributed by atoms with E-state index in [0.717, 1.165) is 63.7 Å². The number of carbonyl (C=O) groups excluding carboxylic acids is 4. The van der Waals surface area contributed by atoms with E-state index in [2.05, 4.69) is 25.7 Å². The number of anilines is 2. The van der Waals surface area contributed by atoms with Crippen molar-refractivity contribution < 1.29 is 37.4 Å². The van der Waals surface area contributed by atoms with Gasteiger partial charge in [-0.25, -0.2) is 18.3 Å². The number of fused-ring (bicyclic) bond motifs is 3. The molecule has 1 saturated carbocycles. The summed E-state index contributed by atoms with van der Waals surface area (Å²) in [5, 5.41) is 13.9. The van der Waals surface area contributed by atoms with E-state index in [9.17, 15) is 28.0 Å². The molecule has 9 rings (SSSR count). The van der Waals surface area contributed by atoms with Crippen molar-refractivity contribution in [2.45, 2.75) is 94.7 Å². The van der Waals surface area contributed by atoms with Gasteiger partial charge in [-0.05, 0) is 99.5 Å². The Kier molecular flexibility index (Phi) is 11.6. The number of hydrogen-bond acceptors (Lipinski definition) is 10. The van der Waals surface area contributed by atoms with Crippen LogP contribution in [-0.2, 0) is 19.1 Å². The second-order valence-electron chi connectivity index (χ2n) is 16.8. The van der Waals surface area contributed by atoms with Crippen LogP contribution in [0.1, 0.15) is 115 Å². The van der Waals surface area contributed by atoms with Crippen LogP contribution in [0.4, 0.5) is 20.3 Å². The summed E-state index contributed by atoms with van der Waals surface area (Å²) in [4.78, 5) is 59.7. The van der Waals surface area contributed by atoms with Gasteiger partial charge in [-0.15, -0.1) is 0 Å². The Hall–Kier alpha value is -5.00. The second-order valence-corrected chi connectivity index (χ2v) is 17.2. The first-order valence-electron chi connectivity index (χ1n) is 21.0. The van der Waals surface area contributed by atoms with E-state index < -0.39 is 23.9 Å². The molecule has 4 aromatic rings. The molecule has 3 aromatic heterocycles. The molecule has 5 fully saturated rings. The number of hydrogen-bond donors (Lipinski definition) is 2. The number of carbonyl (C=O) groups is 4. The van der Waals surface area contributed by atoms with Crippen LogP contribution in [0.2, 0.25) is 5.02 Å². The van der Waals surface area contributed by atoms with Crippen molar-refractivity contribution in [1.82, 2.24) is 34.6 Å². The molecular formula is C42H48ClF2N9O6. The van der Waals surface area contributed by atoms with Gasteiger partial charge in [0.25, 0.3) is 18.2 Å². The van der Waals surface area contributed by atoms with Crippen LogP contribution in [0.3, 0.4) is 0 Å². The van der Waals surface area contributed by atoms with E-state index in [0.29, 0.717) is 73.0 Å². The van der Waals surface area contributed by atoms with E-state index >= 15 is 0 Å². The van der Waals surface area contributed by atoms with E-state index in [4.69, 9.17) is 26.1 Å². The molecule has 0 radical (unpaired) electrons. The van der Waals surface area contributed by atoms with Crippen LogP contribution in [0.5, 0.6) is 0 Å². The Morgan fingerprint density at radius 2 is 1.85 bits per heavy atom. The fourth-order valence-corrected chi connectivity index (χ4v) is 9.77. The number of likely N-dealkylation sites (tertiary alicyclic amines) is 1. The number of alkyl halides is 2. The lowest BCUT2D eigenvalue weighted by atomic mass is 9.86. The van der Waals surface area contributed by atoms with Gasteiger partial charge in [0.05, 0.1) is 42.6 Å². The lowest BCUT2D eigenvalue weighted by molar-refractivity contribution is -0.134. The highest BCUT2D eigenvalue weighted by atomic mass is 35.5. The zero-order valence-electron chi connectivity index (χ0n) is 33.1. The molecule has 4 amide bonds. The third kappa shape index (κ3) is 8.35. The number of ether oxygens (including phenoxy) is 2. The number of nitrogens with zero attached hydrogens (tertiary/aromatic N) is 7. The van der Waals surface area contributed by atoms with Gasteiger partial charge in [0.2, 0.25) is 11.8 Å². The molecule has 7 heterocycles. The lowest BCUT2D eigenvalue weighted by Gasteiger charge is -2.32. The summed E-state index contributed by atoms with van der Waals surface area (Å²) >= 11 is 6.41. The van der Waals surface area contributed by atoms with Crippen LogP contribution < -0.4 is 15.5 Å².